The van der Waals surface area contributed by atoms with Gasteiger partial charge in [0.2, 0.25) is 10.0 Å². The summed E-state index contributed by atoms with van der Waals surface area (Å²) in [7, 11) is -2.50. The van der Waals surface area contributed by atoms with Crippen molar-refractivity contribution in [2.24, 2.45) is 0 Å². The van der Waals surface area contributed by atoms with Crippen LogP contribution in [0.15, 0.2) is 17.0 Å². The molecule has 0 radical (unpaired) electrons. The van der Waals surface area contributed by atoms with E-state index in [9.17, 15) is 18.3 Å². The molecule has 0 spiro atoms. The van der Waals surface area contributed by atoms with Crippen molar-refractivity contribution in [1.82, 2.24) is 4.31 Å². The van der Waals surface area contributed by atoms with Crippen LogP contribution in [-0.2, 0) is 14.8 Å². The molecule has 122 valence electrons. The summed E-state index contributed by atoms with van der Waals surface area (Å²) >= 11 is 0. The number of benzene rings is 1. The summed E-state index contributed by atoms with van der Waals surface area (Å²) in [6.45, 7) is 3.77. The maximum absolute atomic E-state index is 13.0. The van der Waals surface area contributed by atoms with Crippen LogP contribution >= 0.6 is 0 Å². The van der Waals surface area contributed by atoms with E-state index in [1.165, 1.54) is 7.11 Å². The van der Waals surface area contributed by atoms with Gasteiger partial charge in [-0.3, -0.25) is 4.79 Å². The summed E-state index contributed by atoms with van der Waals surface area (Å²) in [4.78, 5) is 11.5. The Morgan fingerprint density at radius 2 is 2.00 bits per heavy atom. The van der Waals surface area contributed by atoms with E-state index < -0.39 is 22.0 Å². The number of carbonyl (C=O) groups is 1. The second kappa shape index (κ2) is 6.26. The number of hydrogen-bond donors (Lipinski definition) is 1. The highest BCUT2D eigenvalue weighted by molar-refractivity contribution is 7.89. The lowest BCUT2D eigenvalue weighted by Crippen LogP contribution is -2.48. The monoisotopic (exact) mass is 327 g/mol. The van der Waals surface area contributed by atoms with E-state index in [0.29, 0.717) is 24.8 Å². The first-order valence-corrected chi connectivity index (χ1v) is 8.63. The van der Waals surface area contributed by atoms with Crippen LogP contribution in [0.2, 0.25) is 0 Å². The van der Waals surface area contributed by atoms with Gasteiger partial charge in [0, 0.05) is 6.54 Å². The Morgan fingerprint density at radius 1 is 1.32 bits per heavy atom. The number of aliphatic carboxylic acids is 1. The van der Waals surface area contributed by atoms with Crippen LogP contribution in [0.1, 0.15) is 30.4 Å². The molecule has 1 aliphatic heterocycles. The van der Waals surface area contributed by atoms with E-state index in [4.69, 9.17) is 4.74 Å². The highest BCUT2D eigenvalue weighted by Crippen LogP contribution is 2.34. The van der Waals surface area contributed by atoms with Crippen LogP contribution in [0.5, 0.6) is 5.75 Å². The predicted octanol–water partition coefficient (Wildman–Crippen LogP) is 1.94. The van der Waals surface area contributed by atoms with Crippen LogP contribution < -0.4 is 4.74 Å². The topological polar surface area (TPSA) is 83.9 Å². The molecule has 1 saturated heterocycles. The molecular formula is C15H21NO5S. The molecule has 2 rings (SSSR count). The summed E-state index contributed by atoms with van der Waals surface area (Å²) in [6.07, 6.45) is 1.71. The molecule has 6 nitrogen and oxygen atoms in total. The van der Waals surface area contributed by atoms with Gasteiger partial charge in [-0.2, -0.15) is 4.31 Å². The van der Waals surface area contributed by atoms with Gasteiger partial charge in [0.1, 0.15) is 16.7 Å². The van der Waals surface area contributed by atoms with Crippen molar-refractivity contribution in [3.05, 3.63) is 23.3 Å². The molecule has 1 unspecified atom stereocenters. The van der Waals surface area contributed by atoms with Crippen molar-refractivity contribution in [2.75, 3.05) is 13.7 Å². The number of piperidine rings is 1. The number of hydrogen-bond acceptors (Lipinski definition) is 4. The van der Waals surface area contributed by atoms with Crippen LogP contribution in [0.3, 0.4) is 0 Å². The second-order valence-corrected chi connectivity index (χ2v) is 7.41. The molecule has 1 fully saturated rings. The molecule has 1 heterocycles. The first-order valence-electron chi connectivity index (χ1n) is 7.19. The fourth-order valence-corrected chi connectivity index (χ4v) is 4.95. The molecule has 0 aromatic heterocycles. The Kier molecular flexibility index (Phi) is 4.77. The third kappa shape index (κ3) is 2.96. The molecule has 0 amide bonds. The summed E-state index contributed by atoms with van der Waals surface area (Å²) < 4.78 is 32.3. The lowest BCUT2D eigenvalue weighted by molar-refractivity contribution is -0.142. The second-order valence-electron chi connectivity index (χ2n) is 5.58. The van der Waals surface area contributed by atoms with Crippen molar-refractivity contribution in [1.29, 1.82) is 0 Å². The van der Waals surface area contributed by atoms with Gasteiger partial charge < -0.3 is 9.84 Å². The molecule has 0 bridgehead atoms. The minimum Gasteiger partial charge on any atom is -0.495 e. The van der Waals surface area contributed by atoms with Crippen LogP contribution in [0.25, 0.3) is 0 Å². The van der Waals surface area contributed by atoms with Gasteiger partial charge in [-0.15, -0.1) is 0 Å². The van der Waals surface area contributed by atoms with Crippen molar-refractivity contribution >= 4 is 16.0 Å². The first kappa shape index (κ1) is 16.8. The van der Waals surface area contributed by atoms with Gasteiger partial charge in [0.05, 0.1) is 7.11 Å². The number of nitrogens with zero attached hydrogens (tertiary/aromatic N) is 1. The summed E-state index contributed by atoms with van der Waals surface area (Å²) in [6, 6.07) is 2.40. The molecule has 1 atom stereocenters. The fourth-order valence-electron chi connectivity index (χ4n) is 2.95. The lowest BCUT2D eigenvalue weighted by Gasteiger charge is -2.32. The highest BCUT2D eigenvalue weighted by Gasteiger charge is 2.39. The Bertz CT molecular complexity index is 683. The number of ether oxygens (including phenoxy) is 1. The third-order valence-corrected chi connectivity index (χ3v) is 6.00. The number of carboxylic acid groups (broad SMARTS) is 1. The Hall–Kier alpha value is -1.60. The zero-order valence-corrected chi connectivity index (χ0v) is 13.8. The molecule has 0 saturated carbocycles. The predicted molar refractivity (Wildman–Crippen MR) is 81.6 cm³/mol. The number of methoxy groups -OCH3 is 1. The number of aryl methyl sites for hydroxylation is 2. The lowest BCUT2D eigenvalue weighted by atomic mass is 10.1. The molecule has 1 aromatic rings. The van der Waals surface area contributed by atoms with Gasteiger partial charge in [-0.25, -0.2) is 8.42 Å². The number of carboxylic acids is 1. The third-order valence-electron chi connectivity index (χ3n) is 3.91. The normalized spacial score (nSPS) is 19.9. The minimum atomic E-state index is -3.92. The molecule has 1 aliphatic rings. The Morgan fingerprint density at radius 3 is 2.59 bits per heavy atom. The maximum Gasteiger partial charge on any atom is 0.322 e. The smallest absolute Gasteiger partial charge is 0.322 e. The average molecular weight is 327 g/mol. The van der Waals surface area contributed by atoms with Crippen LogP contribution in [-0.4, -0.2) is 43.5 Å². The van der Waals surface area contributed by atoms with Gasteiger partial charge in [0.25, 0.3) is 0 Å². The maximum atomic E-state index is 13.0. The van der Waals surface area contributed by atoms with E-state index >= 15 is 0 Å². The zero-order chi connectivity index (χ0) is 16.5. The van der Waals surface area contributed by atoms with Crippen LogP contribution in [0, 0.1) is 13.8 Å². The van der Waals surface area contributed by atoms with Crippen molar-refractivity contribution < 1.29 is 23.1 Å². The molecular weight excluding hydrogens is 306 g/mol. The van der Waals surface area contributed by atoms with E-state index in [1.54, 1.807) is 19.1 Å². The SMILES string of the molecule is COc1cc(C)cc(C)c1S(=O)(=O)N1CCCCC1C(=O)O. The van der Waals surface area contributed by atoms with E-state index in [1.807, 2.05) is 6.92 Å². The van der Waals surface area contributed by atoms with E-state index in [0.717, 1.165) is 9.87 Å². The largest absolute Gasteiger partial charge is 0.495 e. The van der Waals surface area contributed by atoms with Gasteiger partial charge in [0.15, 0.2) is 0 Å². The number of rotatable bonds is 4. The molecule has 22 heavy (non-hydrogen) atoms. The summed E-state index contributed by atoms with van der Waals surface area (Å²) in [5.74, 6) is -0.848. The molecule has 1 aromatic carbocycles. The van der Waals surface area contributed by atoms with Crippen molar-refractivity contribution in [3.8, 4) is 5.75 Å². The Balaban J connectivity index is 2.57. The van der Waals surface area contributed by atoms with Crippen LogP contribution in [0.4, 0.5) is 0 Å². The number of sulfonamides is 1. The molecule has 7 heteroatoms. The van der Waals surface area contributed by atoms with Gasteiger partial charge in [-0.1, -0.05) is 6.07 Å². The van der Waals surface area contributed by atoms with Crippen molar-refractivity contribution in [2.45, 2.75) is 44.0 Å². The van der Waals surface area contributed by atoms with Gasteiger partial charge in [-0.05, 0) is 50.3 Å². The first-order chi connectivity index (χ1) is 10.3. The van der Waals surface area contributed by atoms with E-state index in [2.05, 4.69) is 0 Å². The van der Waals surface area contributed by atoms with Gasteiger partial charge >= 0.3 is 5.97 Å². The highest BCUT2D eigenvalue weighted by atomic mass is 32.2. The fraction of sp³-hybridized carbons (Fsp3) is 0.533. The standard InChI is InChI=1S/C15H21NO5S/c1-10-8-11(2)14(13(9-10)21-3)22(19,20)16-7-5-4-6-12(16)15(17)18/h8-9,12H,4-7H2,1-3H3,(H,17,18). The van der Waals surface area contributed by atoms with E-state index in [-0.39, 0.29) is 17.2 Å². The summed E-state index contributed by atoms with van der Waals surface area (Å²) in [5.41, 5.74) is 1.45. The average Bonchev–Trinajstić information content (AvgIpc) is 2.45. The van der Waals surface area contributed by atoms with Crippen molar-refractivity contribution in [3.63, 3.8) is 0 Å². The minimum absolute atomic E-state index is 0.0637. The molecule has 0 aliphatic carbocycles. The molecule has 1 N–H and O–H groups in total. The summed E-state index contributed by atoms with van der Waals surface area (Å²) in [5, 5.41) is 9.32. The quantitative estimate of drug-likeness (QED) is 0.913. The zero-order valence-electron chi connectivity index (χ0n) is 13.0. The Labute approximate surface area is 130 Å².